The van der Waals surface area contributed by atoms with Gasteiger partial charge in [-0.25, -0.2) is 0 Å². The van der Waals surface area contributed by atoms with Gasteiger partial charge in [0, 0.05) is 32.6 Å². The quantitative estimate of drug-likeness (QED) is 0.813. The lowest BCUT2D eigenvalue weighted by atomic mass is 9.96. The lowest BCUT2D eigenvalue weighted by Crippen LogP contribution is -2.42. The average molecular weight is 314 g/mol. The lowest BCUT2D eigenvalue weighted by Gasteiger charge is -2.34. The van der Waals surface area contributed by atoms with Crippen LogP contribution in [0.15, 0.2) is 0 Å². The third-order valence-corrected chi connectivity index (χ3v) is 3.74. The van der Waals surface area contributed by atoms with Crippen molar-refractivity contribution in [2.24, 2.45) is 11.7 Å². The first-order chi connectivity index (χ1) is 8.21. The van der Waals surface area contributed by atoms with Gasteiger partial charge in [-0.15, -0.1) is 24.8 Å². The van der Waals surface area contributed by atoms with Crippen molar-refractivity contribution in [3.63, 3.8) is 0 Å². The molecule has 1 aliphatic heterocycles. The van der Waals surface area contributed by atoms with E-state index in [0.29, 0.717) is 13.0 Å². The fourth-order valence-electron chi connectivity index (χ4n) is 2.49. The number of likely N-dealkylation sites (tertiary alicyclic amines) is 1. The molecule has 0 aliphatic carbocycles. The van der Waals surface area contributed by atoms with Crippen LogP contribution in [0.5, 0.6) is 0 Å². The Kier molecular flexibility index (Phi) is 13.2. The summed E-state index contributed by atoms with van der Waals surface area (Å²) in [5.74, 6) is 0.991. The summed E-state index contributed by atoms with van der Waals surface area (Å²) in [5.41, 5.74) is 5.41. The van der Waals surface area contributed by atoms with E-state index in [0.717, 1.165) is 44.9 Å². The molecule has 4 nitrogen and oxygen atoms in total. The van der Waals surface area contributed by atoms with E-state index in [1.165, 1.54) is 6.54 Å². The Labute approximate surface area is 129 Å². The highest BCUT2D eigenvalue weighted by atomic mass is 35.5. The molecule has 1 rings (SSSR count). The van der Waals surface area contributed by atoms with Gasteiger partial charge < -0.3 is 15.5 Å². The van der Waals surface area contributed by atoms with Crippen LogP contribution >= 0.6 is 24.8 Å². The van der Waals surface area contributed by atoms with Gasteiger partial charge in [0.2, 0.25) is 5.91 Å². The summed E-state index contributed by atoms with van der Waals surface area (Å²) in [4.78, 5) is 16.1. The fraction of sp³-hybridized carbons (Fsp3) is 0.923. The smallest absolute Gasteiger partial charge is 0.223 e. The maximum Gasteiger partial charge on any atom is 0.223 e. The molecule has 116 valence electrons. The minimum Gasteiger partial charge on any atom is -0.343 e. The van der Waals surface area contributed by atoms with Gasteiger partial charge in [0.15, 0.2) is 0 Å². The predicted molar refractivity (Wildman–Crippen MR) is 85.3 cm³/mol. The van der Waals surface area contributed by atoms with Crippen molar-refractivity contribution in [1.82, 2.24) is 9.80 Å². The van der Waals surface area contributed by atoms with Gasteiger partial charge in [0.25, 0.3) is 0 Å². The van der Waals surface area contributed by atoms with Crippen LogP contribution in [-0.4, -0.2) is 55.0 Å². The predicted octanol–water partition coefficient (Wildman–Crippen LogP) is 1.76. The molecule has 1 heterocycles. The van der Waals surface area contributed by atoms with E-state index in [-0.39, 0.29) is 30.7 Å². The molecule has 1 fully saturated rings. The molecule has 0 aromatic rings. The number of hydrogen-bond acceptors (Lipinski definition) is 3. The van der Waals surface area contributed by atoms with Crippen LogP contribution < -0.4 is 5.73 Å². The molecular weight excluding hydrogens is 285 g/mol. The number of carbonyl (C=O) groups is 1. The number of amides is 1. The first-order valence-electron chi connectivity index (χ1n) is 6.91. The van der Waals surface area contributed by atoms with Crippen LogP contribution in [-0.2, 0) is 4.79 Å². The Hall–Kier alpha value is -0.0300. The van der Waals surface area contributed by atoms with Crippen molar-refractivity contribution in [2.75, 3.05) is 39.3 Å². The number of nitrogens with zero attached hydrogens (tertiary/aromatic N) is 2. The van der Waals surface area contributed by atoms with Gasteiger partial charge in [-0.2, -0.15) is 0 Å². The number of carbonyl (C=O) groups excluding carboxylic acids is 1. The summed E-state index contributed by atoms with van der Waals surface area (Å²) in [6, 6.07) is 0. The monoisotopic (exact) mass is 313 g/mol. The summed E-state index contributed by atoms with van der Waals surface area (Å²) in [6.07, 6.45) is 2.79. The zero-order valence-electron chi connectivity index (χ0n) is 12.1. The first-order valence-corrected chi connectivity index (χ1v) is 6.91. The highest BCUT2D eigenvalue weighted by molar-refractivity contribution is 5.85. The molecule has 0 radical (unpaired) electrons. The van der Waals surface area contributed by atoms with E-state index in [2.05, 4.69) is 18.7 Å². The Balaban J connectivity index is 0. The normalized spacial score (nSPS) is 15.9. The van der Waals surface area contributed by atoms with Crippen molar-refractivity contribution < 1.29 is 4.79 Å². The topological polar surface area (TPSA) is 49.6 Å². The van der Waals surface area contributed by atoms with Gasteiger partial charge >= 0.3 is 0 Å². The minimum absolute atomic E-state index is 0. The second-order valence-electron chi connectivity index (χ2n) is 4.85. The van der Waals surface area contributed by atoms with Crippen LogP contribution in [0.1, 0.15) is 33.1 Å². The summed E-state index contributed by atoms with van der Waals surface area (Å²) < 4.78 is 0. The molecule has 19 heavy (non-hydrogen) atoms. The largest absolute Gasteiger partial charge is 0.343 e. The number of halogens is 2. The molecular formula is C13H29Cl2N3O. The van der Waals surface area contributed by atoms with E-state index < -0.39 is 0 Å². The highest BCUT2D eigenvalue weighted by Gasteiger charge is 2.23. The van der Waals surface area contributed by atoms with Gasteiger partial charge in [-0.1, -0.05) is 13.8 Å². The molecule has 1 aliphatic rings. The molecule has 0 saturated carbocycles. The second-order valence-corrected chi connectivity index (χ2v) is 4.85. The lowest BCUT2D eigenvalue weighted by molar-refractivity contribution is -0.132. The number of nitrogens with two attached hydrogens (primary N) is 1. The van der Waals surface area contributed by atoms with Crippen molar-refractivity contribution >= 4 is 30.7 Å². The van der Waals surface area contributed by atoms with Gasteiger partial charge in [0.1, 0.15) is 0 Å². The minimum atomic E-state index is 0. The Morgan fingerprint density at radius 3 is 2.16 bits per heavy atom. The molecule has 1 saturated heterocycles. The molecule has 0 atom stereocenters. The van der Waals surface area contributed by atoms with Crippen LogP contribution in [0.4, 0.5) is 0 Å². The average Bonchev–Trinajstić information content (AvgIpc) is 2.37. The van der Waals surface area contributed by atoms with E-state index in [1.54, 1.807) is 0 Å². The third-order valence-electron chi connectivity index (χ3n) is 3.74. The zero-order chi connectivity index (χ0) is 12.7. The summed E-state index contributed by atoms with van der Waals surface area (Å²) in [7, 11) is 0. The van der Waals surface area contributed by atoms with E-state index >= 15 is 0 Å². The zero-order valence-corrected chi connectivity index (χ0v) is 13.8. The number of rotatable bonds is 6. The molecule has 6 heteroatoms. The van der Waals surface area contributed by atoms with Crippen molar-refractivity contribution in [3.05, 3.63) is 0 Å². The summed E-state index contributed by atoms with van der Waals surface area (Å²) >= 11 is 0. The molecule has 0 spiro atoms. The molecule has 2 N–H and O–H groups in total. The van der Waals surface area contributed by atoms with Gasteiger partial charge in [-0.05, 0) is 31.8 Å². The molecule has 0 aromatic carbocycles. The van der Waals surface area contributed by atoms with E-state index in [4.69, 9.17) is 5.73 Å². The molecule has 0 unspecified atom stereocenters. The van der Waals surface area contributed by atoms with Gasteiger partial charge in [0.05, 0.1) is 0 Å². The molecule has 0 aromatic heterocycles. The summed E-state index contributed by atoms with van der Waals surface area (Å²) in [5, 5.41) is 0. The molecule has 1 amide bonds. The Morgan fingerprint density at radius 2 is 1.74 bits per heavy atom. The number of piperidine rings is 1. The first kappa shape index (κ1) is 21.3. The number of hydrogen-bond donors (Lipinski definition) is 1. The second kappa shape index (κ2) is 11.8. The third kappa shape index (κ3) is 7.35. The fourth-order valence-corrected chi connectivity index (χ4v) is 2.49. The van der Waals surface area contributed by atoms with Crippen LogP contribution in [0.25, 0.3) is 0 Å². The summed E-state index contributed by atoms with van der Waals surface area (Å²) in [6.45, 7) is 10.2. The van der Waals surface area contributed by atoms with E-state index in [1.807, 2.05) is 4.90 Å². The standard InChI is InChI=1S/C13H27N3O.2ClH/c1-3-15(4-2)11-12-6-9-16(10-7-12)13(17)5-8-14;;/h12H,3-11,14H2,1-2H3;2*1H. The SMILES string of the molecule is CCN(CC)CC1CCN(C(=O)CCN)CC1.Cl.Cl. The van der Waals surface area contributed by atoms with Crippen molar-refractivity contribution in [2.45, 2.75) is 33.1 Å². The maximum atomic E-state index is 11.7. The van der Waals surface area contributed by atoms with Crippen LogP contribution in [0, 0.1) is 5.92 Å². The highest BCUT2D eigenvalue weighted by Crippen LogP contribution is 2.18. The maximum absolute atomic E-state index is 11.7. The van der Waals surface area contributed by atoms with Crippen LogP contribution in [0.3, 0.4) is 0 Å². The van der Waals surface area contributed by atoms with E-state index in [9.17, 15) is 4.79 Å². The Morgan fingerprint density at radius 1 is 1.21 bits per heavy atom. The van der Waals surface area contributed by atoms with Crippen molar-refractivity contribution in [1.29, 1.82) is 0 Å². The molecule has 0 bridgehead atoms. The van der Waals surface area contributed by atoms with Crippen molar-refractivity contribution in [3.8, 4) is 0 Å². The Bertz CT molecular complexity index is 230. The van der Waals surface area contributed by atoms with Gasteiger partial charge in [-0.3, -0.25) is 4.79 Å². The van der Waals surface area contributed by atoms with Crippen LogP contribution in [0.2, 0.25) is 0 Å².